The predicted octanol–water partition coefficient (Wildman–Crippen LogP) is -0.188. The summed E-state index contributed by atoms with van der Waals surface area (Å²) < 4.78 is 0. The lowest BCUT2D eigenvalue weighted by Gasteiger charge is -2.32. The van der Waals surface area contributed by atoms with Gasteiger partial charge in [0.25, 0.3) is 0 Å². The zero-order valence-corrected chi connectivity index (χ0v) is 11.8. The quantitative estimate of drug-likeness (QED) is 0.503. The standard InChI is InChI=1S/C14H18N2O6/c17-11(5-7-13(19)20)15-9-3-1-2-4-10(9)16-12(18)6-8-14(21)22/h5-10H,1-4H2,(H,15,17)(H,16,18)(H,19,20)(H,21,22)/b7-5+,8-6+. The number of carboxylic acids is 2. The predicted molar refractivity (Wildman–Crippen MR) is 75.9 cm³/mol. The summed E-state index contributed by atoms with van der Waals surface area (Å²) >= 11 is 0. The Balaban J connectivity index is 2.59. The molecule has 0 aromatic carbocycles. The van der Waals surface area contributed by atoms with Crippen LogP contribution in [-0.4, -0.2) is 46.0 Å². The van der Waals surface area contributed by atoms with Gasteiger partial charge in [-0.1, -0.05) is 12.8 Å². The van der Waals surface area contributed by atoms with Gasteiger partial charge in [-0.25, -0.2) is 9.59 Å². The van der Waals surface area contributed by atoms with Crippen molar-refractivity contribution in [1.82, 2.24) is 10.6 Å². The highest BCUT2D eigenvalue weighted by Gasteiger charge is 2.26. The van der Waals surface area contributed by atoms with E-state index in [9.17, 15) is 19.2 Å². The second-order valence-corrected chi connectivity index (χ2v) is 4.86. The molecule has 1 saturated carbocycles. The van der Waals surface area contributed by atoms with E-state index in [0.29, 0.717) is 12.8 Å². The number of carbonyl (C=O) groups excluding carboxylic acids is 2. The first kappa shape index (κ1) is 17.4. The van der Waals surface area contributed by atoms with Crippen molar-refractivity contribution < 1.29 is 29.4 Å². The van der Waals surface area contributed by atoms with Crippen LogP contribution in [0.15, 0.2) is 24.3 Å². The van der Waals surface area contributed by atoms with Gasteiger partial charge in [-0.3, -0.25) is 9.59 Å². The average Bonchev–Trinajstić information content (AvgIpc) is 2.45. The van der Waals surface area contributed by atoms with Crippen molar-refractivity contribution in [3.63, 3.8) is 0 Å². The number of hydrogen-bond acceptors (Lipinski definition) is 4. The van der Waals surface area contributed by atoms with E-state index in [-0.39, 0.29) is 12.1 Å². The molecule has 1 aliphatic rings. The summed E-state index contributed by atoms with van der Waals surface area (Å²) in [6.07, 6.45) is 6.37. The SMILES string of the molecule is O=C(O)/C=C/C(=O)NC1CCCCC1NC(=O)/C=C/C(=O)O. The number of carboxylic acid groups (broad SMARTS) is 2. The molecule has 8 heteroatoms. The molecule has 4 N–H and O–H groups in total. The third-order valence-electron chi connectivity index (χ3n) is 3.18. The van der Waals surface area contributed by atoms with Crippen molar-refractivity contribution >= 4 is 23.8 Å². The fourth-order valence-electron chi connectivity index (χ4n) is 2.23. The molecule has 0 radical (unpaired) electrons. The highest BCUT2D eigenvalue weighted by molar-refractivity contribution is 5.95. The Morgan fingerprint density at radius 2 is 1.09 bits per heavy atom. The number of aliphatic carboxylic acids is 2. The van der Waals surface area contributed by atoms with Crippen LogP contribution in [0.5, 0.6) is 0 Å². The van der Waals surface area contributed by atoms with E-state index in [2.05, 4.69) is 10.6 Å². The van der Waals surface area contributed by atoms with Crippen molar-refractivity contribution in [1.29, 1.82) is 0 Å². The minimum atomic E-state index is -1.22. The van der Waals surface area contributed by atoms with Crippen LogP contribution >= 0.6 is 0 Å². The molecule has 0 heterocycles. The topological polar surface area (TPSA) is 133 Å². The molecule has 0 aliphatic heterocycles. The van der Waals surface area contributed by atoms with E-state index in [4.69, 9.17) is 10.2 Å². The lowest BCUT2D eigenvalue weighted by atomic mass is 9.90. The summed E-state index contributed by atoms with van der Waals surface area (Å²) in [6, 6.07) is -0.635. The number of nitrogens with one attached hydrogen (secondary N) is 2. The molecule has 2 atom stereocenters. The van der Waals surface area contributed by atoms with Gasteiger partial charge in [-0.15, -0.1) is 0 Å². The average molecular weight is 310 g/mol. The summed E-state index contributed by atoms with van der Waals surface area (Å²) in [5.74, 6) is -3.53. The first-order chi connectivity index (χ1) is 10.4. The number of carbonyl (C=O) groups is 4. The van der Waals surface area contributed by atoms with Crippen LogP contribution in [0.1, 0.15) is 25.7 Å². The molecule has 0 spiro atoms. The molecule has 2 unspecified atom stereocenters. The van der Waals surface area contributed by atoms with Gasteiger partial charge in [0.2, 0.25) is 11.8 Å². The van der Waals surface area contributed by atoms with Gasteiger partial charge in [0.05, 0.1) is 0 Å². The molecular weight excluding hydrogens is 292 g/mol. The number of amides is 2. The van der Waals surface area contributed by atoms with Crippen LogP contribution in [-0.2, 0) is 19.2 Å². The maximum absolute atomic E-state index is 11.6. The van der Waals surface area contributed by atoms with Gasteiger partial charge in [0.15, 0.2) is 0 Å². The van der Waals surface area contributed by atoms with E-state index in [0.717, 1.165) is 37.1 Å². The van der Waals surface area contributed by atoms with Gasteiger partial charge < -0.3 is 20.8 Å². The van der Waals surface area contributed by atoms with Gasteiger partial charge in [-0.2, -0.15) is 0 Å². The maximum atomic E-state index is 11.6. The van der Waals surface area contributed by atoms with Crippen LogP contribution in [0.2, 0.25) is 0 Å². The van der Waals surface area contributed by atoms with Crippen LogP contribution in [0.4, 0.5) is 0 Å². The summed E-state index contributed by atoms with van der Waals surface area (Å²) in [4.78, 5) is 43.9. The highest BCUT2D eigenvalue weighted by atomic mass is 16.4. The van der Waals surface area contributed by atoms with E-state index >= 15 is 0 Å². The Morgan fingerprint density at radius 1 is 0.727 bits per heavy atom. The molecule has 0 saturated heterocycles. The fourth-order valence-corrected chi connectivity index (χ4v) is 2.23. The zero-order valence-electron chi connectivity index (χ0n) is 11.8. The Labute approximate surface area is 126 Å². The molecule has 1 aliphatic carbocycles. The first-order valence-corrected chi connectivity index (χ1v) is 6.81. The smallest absolute Gasteiger partial charge is 0.328 e. The lowest BCUT2D eigenvalue weighted by molar-refractivity contribution is -0.132. The van der Waals surface area contributed by atoms with Crippen molar-refractivity contribution in [2.75, 3.05) is 0 Å². The molecule has 0 bridgehead atoms. The summed E-state index contributed by atoms with van der Waals surface area (Å²) in [5.41, 5.74) is 0. The number of rotatable bonds is 6. The Hall–Kier alpha value is -2.64. The first-order valence-electron chi connectivity index (χ1n) is 6.81. The molecule has 8 nitrogen and oxygen atoms in total. The van der Waals surface area contributed by atoms with Crippen LogP contribution < -0.4 is 10.6 Å². The largest absolute Gasteiger partial charge is 0.478 e. The molecule has 22 heavy (non-hydrogen) atoms. The van der Waals surface area contributed by atoms with Crippen LogP contribution in [0, 0.1) is 0 Å². The molecule has 0 aromatic rings. The van der Waals surface area contributed by atoms with Crippen LogP contribution in [0.3, 0.4) is 0 Å². The van der Waals surface area contributed by atoms with Gasteiger partial charge in [0, 0.05) is 36.4 Å². The van der Waals surface area contributed by atoms with Crippen molar-refractivity contribution in [3.8, 4) is 0 Å². The van der Waals surface area contributed by atoms with Crippen molar-refractivity contribution in [2.45, 2.75) is 37.8 Å². The van der Waals surface area contributed by atoms with E-state index in [1.165, 1.54) is 0 Å². The normalized spacial score (nSPS) is 21.6. The Kier molecular flexibility index (Phi) is 6.81. The molecule has 1 fully saturated rings. The second kappa shape index (κ2) is 8.60. The van der Waals surface area contributed by atoms with E-state index in [1.807, 2.05) is 0 Å². The van der Waals surface area contributed by atoms with Gasteiger partial charge >= 0.3 is 11.9 Å². The number of hydrogen-bond donors (Lipinski definition) is 4. The summed E-state index contributed by atoms with van der Waals surface area (Å²) in [5, 5.41) is 22.2. The third-order valence-corrected chi connectivity index (χ3v) is 3.18. The fraction of sp³-hybridized carbons (Fsp3) is 0.429. The monoisotopic (exact) mass is 310 g/mol. The van der Waals surface area contributed by atoms with Crippen molar-refractivity contribution in [2.24, 2.45) is 0 Å². The van der Waals surface area contributed by atoms with Gasteiger partial charge in [0.1, 0.15) is 0 Å². The van der Waals surface area contributed by atoms with Gasteiger partial charge in [-0.05, 0) is 12.8 Å². The van der Waals surface area contributed by atoms with Crippen LogP contribution in [0.25, 0.3) is 0 Å². The minimum Gasteiger partial charge on any atom is -0.478 e. The van der Waals surface area contributed by atoms with E-state index in [1.54, 1.807) is 0 Å². The third kappa shape index (κ3) is 6.69. The van der Waals surface area contributed by atoms with Crippen molar-refractivity contribution in [3.05, 3.63) is 24.3 Å². The summed E-state index contributed by atoms with van der Waals surface area (Å²) in [6.45, 7) is 0. The Morgan fingerprint density at radius 3 is 1.41 bits per heavy atom. The molecule has 1 rings (SSSR count). The Bertz CT molecular complexity index is 465. The second-order valence-electron chi connectivity index (χ2n) is 4.86. The minimum absolute atomic E-state index is 0.318. The molecule has 0 aromatic heterocycles. The maximum Gasteiger partial charge on any atom is 0.328 e. The molecular formula is C14H18N2O6. The summed E-state index contributed by atoms with van der Waals surface area (Å²) in [7, 11) is 0. The molecule has 2 amide bonds. The lowest BCUT2D eigenvalue weighted by Crippen LogP contribution is -2.52. The van der Waals surface area contributed by atoms with E-state index < -0.39 is 23.8 Å². The zero-order chi connectivity index (χ0) is 16.5. The molecule has 120 valence electrons. The highest BCUT2D eigenvalue weighted by Crippen LogP contribution is 2.18.